The van der Waals surface area contributed by atoms with Crippen LogP contribution in [0.3, 0.4) is 0 Å². The maximum atomic E-state index is 12.2. The molecule has 1 N–H and O–H groups in total. The van der Waals surface area contributed by atoms with Gasteiger partial charge in [-0.2, -0.15) is 5.26 Å². The van der Waals surface area contributed by atoms with Gasteiger partial charge in [0, 0.05) is 6.54 Å². The number of carbonyl (C=O) groups is 2. The molecule has 2 rings (SSSR count). The Balaban J connectivity index is 1.81. The van der Waals surface area contributed by atoms with Gasteiger partial charge in [0.25, 0.3) is 5.91 Å². The van der Waals surface area contributed by atoms with E-state index in [2.05, 4.69) is 5.32 Å². The highest BCUT2D eigenvalue weighted by molar-refractivity contribution is 5.85. The fourth-order valence-corrected chi connectivity index (χ4v) is 2.17. The Labute approximate surface area is 129 Å². The molecule has 2 amide bonds. The number of rotatable bonds is 4. The molecule has 0 bridgehead atoms. The third-order valence-electron chi connectivity index (χ3n) is 3.32. The number of amides is 2. The summed E-state index contributed by atoms with van der Waals surface area (Å²) in [5.41, 5.74) is 0.867. The first-order chi connectivity index (χ1) is 10.6. The van der Waals surface area contributed by atoms with Gasteiger partial charge in [-0.15, -0.1) is 0 Å². The van der Waals surface area contributed by atoms with Crippen molar-refractivity contribution in [3.63, 3.8) is 0 Å². The summed E-state index contributed by atoms with van der Waals surface area (Å²) in [6.07, 6.45) is 2.02. The van der Waals surface area contributed by atoms with Crippen molar-refractivity contribution in [3.05, 3.63) is 35.9 Å². The predicted octanol–water partition coefficient (Wildman–Crippen LogP) is 1.23. The highest BCUT2D eigenvalue weighted by Gasteiger charge is 2.30. The number of benzene rings is 1. The van der Waals surface area contributed by atoms with Gasteiger partial charge in [0.15, 0.2) is 6.19 Å². The number of hydrogen-bond acceptors (Lipinski definition) is 5. The van der Waals surface area contributed by atoms with Gasteiger partial charge < -0.3 is 10.1 Å². The lowest BCUT2D eigenvalue weighted by atomic mass is 10.2. The Morgan fingerprint density at radius 2 is 2.09 bits per heavy atom. The van der Waals surface area contributed by atoms with Crippen molar-refractivity contribution in [3.8, 4) is 6.19 Å². The number of alkyl carbamates (subject to hydrolysis) is 1. The van der Waals surface area contributed by atoms with Crippen molar-refractivity contribution >= 4 is 12.0 Å². The Morgan fingerprint density at radius 1 is 1.36 bits per heavy atom. The van der Waals surface area contributed by atoms with Crippen LogP contribution in [-0.4, -0.2) is 41.1 Å². The highest BCUT2D eigenvalue weighted by Crippen LogP contribution is 2.10. The summed E-state index contributed by atoms with van der Waals surface area (Å²) >= 11 is 0. The minimum Gasteiger partial charge on any atom is -0.445 e. The van der Waals surface area contributed by atoms with E-state index in [1.807, 2.05) is 36.5 Å². The summed E-state index contributed by atoms with van der Waals surface area (Å²) in [5.74, 6) is -0.323. The van der Waals surface area contributed by atoms with E-state index in [-0.39, 0.29) is 12.5 Å². The summed E-state index contributed by atoms with van der Waals surface area (Å²) in [7, 11) is 0. The third-order valence-corrected chi connectivity index (χ3v) is 3.32. The molecule has 1 aromatic rings. The van der Waals surface area contributed by atoms with E-state index in [9.17, 15) is 9.59 Å². The van der Waals surface area contributed by atoms with Gasteiger partial charge in [0.1, 0.15) is 12.6 Å². The van der Waals surface area contributed by atoms with E-state index in [1.54, 1.807) is 6.92 Å². The lowest BCUT2D eigenvalue weighted by Crippen LogP contribution is -2.49. The molecule has 1 atom stereocenters. The van der Waals surface area contributed by atoms with Gasteiger partial charge in [-0.25, -0.2) is 14.8 Å². The fraction of sp³-hybridized carbons (Fsp3) is 0.400. The molecule has 1 fully saturated rings. The summed E-state index contributed by atoms with van der Waals surface area (Å²) in [5, 5.41) is 14.1. The molecular formula is C15H18N4O3. The summed E-state index contributed by atoms with van der Waals surface area (Å²) in [6.45, 7) is 2.71. The molecule has 0 spiro atoms. The van der Waals surface area contributed by atoms with Crippen LogP contribution in [0.15, 0.2) is 30.3 Å². The van der Waals surface area contributed by atoms with Crippen molar-refractivity contribution in [2.45, 2.75) is 26.0 Å². The minimum absolute atomic E-state index is 0.140. The quantitative estimate of drug-likeness (QED) is 0.846. The van der Waals surface area contributed by atoms with Crippen LogP contribution < -0.4 is 5.32 Å². The standard InChI is InChI=1S/C15H18N4O3/c1-12(14(20)19-9-5-8-18(19)11-16)17-15(21)22-10-13-6-3-2-4-7-13/h2-4,6-7,12H,5,8-10H2,1H3,(H,17,21). The molecule has 1 aliphatic rings. The second kappa shape index (κ2) is 7.31. The SMILES string of the molecule is CC(NC(=O)OCc1ccccc1)C(=O)N1CCCN1C#N. The second-order valence-corrected chi connectivity index (χ2v) is 4.97. The van der Waals surface area contributed by atoms with Crippen LogP contribution in [0.25, 0.3) is 0 Å². The average molecular weight is 302 g/mol. The van der Waals surface area contributed by atoms with Gasteiger partial charge in [-0.05, 0) is 18.9 Å². The van der Waals surface area contributed by atoms with Crippen LogP contribution in [0.4, 0.5) is 4.79 Å². The fourth-order valence-electron chi connectivity index (χ4n) is 2.17. The van der Waals surface area contributed by atoms with Gasteiger partial charge >= 0.3 is 6.09 Å². The van der Waals surface area contributed by atoms with E-state index in [1.165, 1.54) is 10.0 Å². The molecule has 1 heterocycles. The van der Waals surface area contributed by atoms with Crippen molar-refractivity contribution in [2.24, 2.45) is 0 Å². The Hall–Kier alpha value is -2.75. The first kappa shape index (κ1) is 15.6. The first-order valence-electron chi connectivity index (χ1n) is 7.07. The molecule has 1 saturated heterocycles. The highest BCUT2D eigenvalue weighted by atomic mass is 16.5. The van der Waals surface area contributed by atoms with E-state index in [4.69, 9.17) is 10.00 Å². The van der Waals surface area contributed by atoms with Crippen molar-refractivity contribution < 1.29 is 14.3 Å². The molecule has 116 valence electrons. The van der Waals surface area contributed by atoms with Crippen LogP contribution in [0.5, 0.6) is 0 Å². The number of hydrazine groups is 1. The van der Waals surface area contributed by atoms with Crippen LogP contribution in [0.1, 0.15) is 18.9 Å². The summed E-state index contributed by atoms with van der Waals surface area (Å²) < 4.78 is 5.07. The Bertz CT molecular complexity index is 570. The number of nitriles is 1. The summed E-state index contributed by atoms with van der Waals surface area (Å²) in [4.78, 5) is 23.9. The third kappa shape index (κ3) is 3.88. The van der Waals surface area contributed by atoms with E-state index in [0.717, 1.165) is 12.0 Å². The van der Waals surface area contributed by atoms with Gasteiger partial charge in [0.05, 0.1) is 6.54 Å². The molecule has 0 saturated carbocycles. The molecule has 1 unspecified atom stereocenters. The summed E-state index contributed by atoms with van der Waals surface area (Å²) in [6, 6.07) is 8.52. The smallest absolute Gasteiger partial charge is 0.408 e. The lowest BCUT2D eigenvalue weighted by Gasteiger charge is -2.25. The topological polar surface area (TPSA) is 85.7 Å². The molecular weight excluding hydrogens is 284 g/mol. The monoisotopic (exact) mass is 302 g/mol. The maximum absolute atomic E-state index is 12.2. The van der Waals surface area contributed by atoms with Crippen molar-refractivity contribution in [2.75, 3.05) is 13.1 Å². The number of nitrogens with one attached hydrogen (secondary N) is 1. The van der Waals surface area contributed by atoms with Gasteiger partial charge in [-0.3, -0.25) is 4.79 Å². The Kier molecular flexibility index (Phi) is 5.20. The molecule has 0 aromatic heterocycles. The van der Waals surface area contributed by atoms with Gasteiger partial charge in [0.2, 0.25) is 0 Å². The van der Waals surface area contributed by atoms with E-state index >= 15 is 0 Å². The maximum Gasteiger partial charge on any atom is 0.408 e. The molecule has 7 heteroatoms. The average Bonchev–Trinajstić information content (AvgIpc) is 3.01. The molecule has 0 radical (unpaired) electrons. The molecule has 22 heavy (non-hydrogen) atoms. The Morgan fingerprint density at radius 3 is 2.77 bits per heavy atom. The molecule has 1 aliphatic heterocycles. The number of nitrogens with zero attached hydrogens (tertiary/aromatic N) is 3. The van der Waals surface area contributed by atoms with Crippen LogP contribution in [-0.2, 0) is 16.1 Å². The number of hydrogen-bond donors (Lipinski definition) is 1. The zero-order valence-corrected chi connectivity index (χ0v) is 12.4. The zero-order chi connectivity index (χ0) is 15.9. The minimum atomic E-state index is -0.753. The lowest BCUT2D eigenvalue weighted by molar-refractivity contribution is -0.141. The number of ether oxygens (including phenoxy) is 1. The zero-order valence-electron chi connectivity index (χ0n) is 12.4. The van der Waals surface area contributed by atoms with Crippen molar-refractivity contribution in [1.29, 1.82) is 5.26 Å². The van der Waals surface area contributed by atoms with E-state index in [0.29, 0.717) is 13.1 Å². The number of carbonyl (C=O) groups excluding carboxylic acids is 2. The van der Waals surface area contributed by atoms with E-state index < -0.39 is 12.1 Å². The van der Waals surface area contributed by atoms with Crippen molar-refractivity contribution in [1.82, 2.24) is 15.3 Å². The second-order valence-electron chi connectivity index (χ2n) is 4.97. The normalized spacial score (nSPS) is 15.1. The molecule has 7 nitrogen and oxygen atoms in total. The molecule has 1 aromatic carbocycles. The predicted molar refractivity (Wildman–Crippen MR) is 77.9 cm³/mol. The van der Waals surface area contributed by atoms with Crippen LogP contribution >= 0.6 is 0 Å². The van der Waals surface area contributed by atoms with Crippen LogP contribution in [0.2, 0.25) is 0 Å². The largest absolute Gasteiger partial charge is 0.445 e. The van der Waals surface area contributed by atoms with Gasteiger partial charge in [-0.1, -0.05) is 30.3 Å². The first-order valence-corrected chi connectivity index (χ1v) is 7.07. The molecule has 0 aliphatic carbocycles. The van der Waals surface area contributed by atoms with Crippen LogP contribution in [0, 0.1) is 11.5 Å².